The Labute approximate surface area is 248 Å². The molecule has 0 N–H and O–H groups in total. The number of benzene rings is 1. The number of hydrazone groups is 1. The maximum absolute atomic E-state index is 4.63. The summed E-state index contributed by atoms with van der Waals surface area (Å²) in [4.78, 5) is 4.10. The molecule has 38 heavy (non-hydrogen) atoms. The van der Waals surface area contributed by atoms with Gasteiger partial charge in [-0.2, -0.15) is 9.67 Å². The van der Waals surface area contributed by atoms with Crippen LogP contribution in [-0.4, -0.2) is 27.4 Å². The zero-order chi connectivity index (χ0) is 24.8. The van der Waals surface area contributed by atoms with Crippen LogP contribution in [0.15, 0.2) is 97.3 Å². The van der Waals surface area contributed by atoms with Gasteiger partial charge >= 0.3 is 0 Å². The topological polar surface area (TPSA) is 46.1 Å². The number of aromatic nitrogens is 5. The zero-order valence-electron chi connectivity index (χ0n) is 22.2. The summed E-state index contributed by atoms with van der Waals surface area (Å²) in [5.41, 5.74) is 2.21. The van der Waals surface area contributed by atoms with Crippen molar-refractivity contribution in [3.8, 4) is 0 Å². The molecule has 204 valence electrons. The van der Waals surface area contributed by atoms with Gasteiger partial charge < -0.3 is 38.5 Å². The minimum atomic E-state index is 0. The summed E-state index contributed by atoms with van der Waals surface area (Å²) >= 11 is 0. The van der Waals surface area contributed by atoms with Crippen molar-refractivity contribution in [2.45, 2.75) is 64.7 Å². The molecule has 3 heterocycles. The van der Waals surface area contributed by atoms with E-state index in [1.54, 1.807) is 0 Å². The summed E-state index contributed by atoms with van der Waals surface area (Å²) in [7, 11) is 1.98. The maximum Gasteiger partial charge on any atom is 0.243 e. The second-order valence-electron chi connectivity index (χ2n) is 9.23. The summed E-state index contributed by atoms with van der Waals surface area (Å²) in [5, 5.41) is 6.54. The minimum absolute atomic E-state index is 0. The van der Waals surface area contributed by atoms with E-state index in [1.165, 1.54) is 38.5 Å². The van der Waals surface area contributed by atoms with E-state index in [0.29, 0.717) is 0 Å². The van der Waals surface area contributed by atoms with Gasteiger partial charge in [-0.25, -0.2) is 14.1 Å². The quantitative estimate of drug-likeness (QED) is 0.0684. The number of rotatable bonds is 15. The summed E-state index contributed by atoms with van der Waals surface area (Å²) < 4.78 is 9.06. The van der Waals surface area contributed by atoms with E-state index in [0.717, 1.165) is 37.6 Å². The van der Waals surface area contributed by atoms with E-state index in [2.05, 4.69) is 83.6 Å². The molecule has 0 bridgehead atoms. The predicted molar refractivity (Wildman–Crippen MR) is 144 cm³/mol. The van der Waals surface area contributed by atoms with Crippen molar-refractivity contribution in [3.05, 3.63) is 97.9 Å². The number of imidazole rings is 2. The lowest BCUT2D eigenvalue weighted by Crippen LogP contribution is -3.00. The molecule has 0 unspecified atom stereocenters. The third kappa shape index (κ3) is 10.5. The molecule has 0 spiro atoms. The number of pyridine rings is 1. The predicted octanol–water partition coefficient (Wildman–Crippen LogP) is -1.52. The number of para-hydroxylation sites is 1. The van der Waals surface area contributed by atoms with Gasteiger partial charge in [-0.1, -0.05) is 18.2 Å². The Bertz CT molecular complexity index is 1180. The van der Waals surface area contributed by atoms with Crippen LogP contribution in [0.1, 0.15) is 44.2 Å². The van der Waals surface area contributed by atoms with Crippen LogP contribution < -0.4 is 48.1 Å². The van der Waals surface area contributed by atoms with Crippen molar-refractivity contribution < 1.29 is 43.1 Å². The molecule has 3 aromatic heterocycles. The first-order chi connectivity index (χ1) is 17.8. The summed E-state index contributed by atoms with van der Waals surface area (Å²) in [6.07, 6.45) is 23.7. The molecule has 0 amide bonds. The van der Waals surface area contributed by atoms with Crippen molar-refractivity contribution in [2.24, 2.45) is 5.10 Å². The molecule has 0 radical (unpaired) electrons. The van der Waals surface area contributed by atoms with E-state index in [-0.39, 0.29) is 34.0 Å². The average Bonchev–Trinajstić information content (AvgIpc) is 3.60. The lowest BCUT2D eigenvalue weighted by Gasteiger charge is -2.11. The molecular formula is C29H39Br2N7. The van der Waals surface area contributed by atoms with Crippen molar-refractivity contribution in [1.29, 1.82) is 0 Å². The van der Waals surface area contributed by atoms with E-state index >= 15 is 0 Å². The molecule has 0 saturated heterocycles. The number of anilines is 1. The molecule has 4 aromatic rings. The van der Waals surface area contributed by atoms with Gasteiger partial charge in [0, 0.05) is 44.5 Å². The number of unbranched alkanes of at least 4 members (excludes halogenated alkanes) is 4. The number of hydrogen-bond donors (Lipinski definition) is 0. The van der Waals surface area contributed by atoms with Gasteiger partial charge in [0.05, 0.1) is 25.1 Å². The number of hydrogen-bond acceptors (Lipinski definition) is 3. The lowest BCUT2D eigenvalue weighted by atomic mass is 10.2. The molecule has 0 aliphatic heterocycles. The Morgan fingerprint density at radius 2 is 1.55 bits per heavy atom. The van der Waals surface area contributed by atoms with E-state index < -0.39 is 0 Å². The number of nitrogens with zero attached hydrogens (tertiary/aromatic N) is 7. The van der Waals surface area contributed by atoms with Crippen LogP contribution in [-0.2, 0) is 26.2 Å². The van der Waals surface area contributed by atoms with Gasteiger partial charge in [0.25, 0.3) is 0 Å². The Balaban J connectivity index is 0.00000253. The van der Waals surface area contributed by atoms with Crippen molar-refractivity contribution in [1.82, 2.24) is 14.1 Å². The van der Waals surface area contributed by atoms with Gasteiger partial charge in [0.1, 0.15) is 25.2 Å². The largest absolute Gasteiger partial charge is 1.00 e. The molecule has 0 aliphatic carbocycles. The summed E-state index contributed by atoms with van der Waals surface area (Å²) in [5.74, 6) is 0. The molecule has 1 aromatic carbocycles. The third-order valence-electron chi connectivity index (χ3n) is 6.42. The highest BCUT2D eigenvalue weighted by atomic mass is 79.9. The molecule has 4 rings (SSSR count). The Hall–Kier alpha value is -2.78. The third-order valence-corrected chi connectivity index (χ3v) is 6.42. The number of halogens is 2. The Morgan fingerprint density at radius 3 is 2.32 bits per heavy atom. The monoisotopic (exact) mass is 643 g/mol. The smallest absolute Gasteiger partial charge is 0.243 e. The highest BCUT2D eigenvalue weighted by Crippen LogP contribution is 2.10. The molecule has 0 atom stereocenters. The van der Waals surface area contributed by atoms with Crippen LogP contribution in [0.3, 0.4) is 0 Å². The first-order valence-corrected chi connectivity index (χ1v) is 13.1. The van der Waals surface area contributed by atoms with Crippen LogP contribution in [0, 0.1) is 0 Å². The Morgan fingerprint density at radius 1 is 0.816 bits per heavy atom. The Kier molecular flexibility index (Phi) is 14.6. The summed E-state index contributed by atoms with van der Waals surface area (Å²) in [6, 6.07) is 16.5. The van der Waals surface area contributed by atoms with Crippen LogP contribution in [0.25, 0.3) is 0 Å². The SMILES string of the molecule is CN(N=Cc1cccc[n+]1CCCCCC[n+]1ccn(CCCCn2ccnc2)c1)c1ccccc1.[Br-].[Br-]. The fourth-order valence-corrected chi connectivity index (χ4v) is 4.31. The van der Waals surface area contributed by atoms with E-state index in [9.17, 15) is 0 Å². The standard InChI is InChI=1S/C29H39N7.2BrH/c1-32(28-13-5-4-6-14-28)31-25-29-15-7-10-21-36(29)20-9-3-2-8-18-34-23-24-35(27-34)19-12-11-17-33-22-16-30-26-33;;/h4-7,10,13-16,21-27H,2-3,8-9,11-12,17-20H2,1H3;2*1H/q+2;;/p-2. The van der Waals surface area contributed by atoms with Crippen molar-refractivity contribution in [2.75, 3.05) is 12.1 Å². The van der Waals surface area contributed by atoms with Crippen LogP contribution in [0.4, 0.5) is 5.69 Å². The molecule has 0 fully saturated rings. The maximum atomic E-state index is 4.63. The zero-order valence-corrected chi connectivity index (χ0v) is 25.4. The summed E-state index contributed by atoms with van der Waals surface area (Å²) in [6.45, 7) is 4.22. The van der Waals surface area contributed by atoms with Crippen LogP contribution in [0.5, 0.6) is 0 Å². The minimum Gasteiger partial charge on any atom is -1.00 e. The second-order valence-corrected chi connectivity index (χ2v) is 9.23. The normalized spacial score (nSPS) is 10.8. The fourth-order valence-electron chi connectivity index (χ4n) is 4.31. The van der Waals surface area contributed by atoms with Gasteiger partial charge in [0.15, 0.2) is 6.20 Å². The van der Waals surface area contributed by atoms with Crippen molar-refractivity contribution >= 4 is 11.9 Å². The van der Waals surface area contributed by atoms with E-state index in [1.807, 2.05) is 55.2 Å². The fraction of sp³-hybridized carbons (Fsp3) is 0.379. The average molecular weight is 645 g/mol. The highest BCUT2D eigenvalue weighted by Gasteiger charge is 2.08. The van der Waals surface area contributed by atoms with Crippen LogP contribution >= 0.6 is 0 Å². The molecule has 0 aliphatic rings. The van der Waals surface area contributed by atoms with Gasteiger partial charge in [-0.05, 0) is 50.3 Å². The van der Waals surface area contributed by atoms with E-state index in [4.69, 9.17) is 0 Å². The lowest BCUT2D eigenvalue weighted by molar-refractivity contribution is -0.699. The first-order valence-electron chi connectivity index (χ1n) is 13.1. The first kappa shape index (κ1) is 31.4. The second kappa shape index (κ2) is 17.7. The highest BCUT2D eigenvalue weighted by molar-refractivity contribution is 5.75. The molecule has 7 nitrogen and oxygen atoms in total. The van der Waals surface area contributed by atoms with Crippen molar-refractivity contribution in [3.63, 3.8) is 0 Å². The van der Waals surface area contributed by atoms with Crippen LogP contribution in [0.2, 0.25) is 0 Å². The molecular weight excluding hydrogens is 606 g/mol. The van der Waals surface area contributed by atoms with Gasteiger partial charge in [0.2, 0.25) is 12.0 Å². The number of aryl methyl sites for hydroxylation is 4. The molecule has 0 saturated carbocycles. The van der Waals surface area contributed by atoms with Gasteiger partial charge in [-0.3, -0.25) is 5.01 Å². The molecule has 9 heteroatoms. The van der Waals surface area contributed by atoms with Gasteiger partial charge in [-0.15, -0.1) is 0 Å².